The van der Waals surface area contributed by atoms with Gasteiger partial charge in [0.25, 0.3) is 0 Å². The molecule has 47 valence electrons. The molecule has 2 heteroatoms. The van der Waals surface area contributed by atoms with Gasteiger partial charge in [0.2, 0.25) is 0 Å². The van der Waals surface area contributed by atoms with Crippen molar-refractivity contribution in [1.29, 1.82) is 0 Å². The first-order chi connectivity index (χ1) is 1.41. The largest absolute Gasteiger partial charge is 0.358 e. The Morgan fingerprint density at radius 2 is 1.00 bits per heavy atom. The number of rotatable bonds is 0. The fourth-order valence-corrected chi connectivity index (χ4v) is 0. The first kappa shape index (κ1) is 39.4. The Kier molecular flexibility index (Phi) is 290. The fraction of sp³-hybridized carbons (Fsp3) is 0.600. The third-order valence-corrected chi connectivity index (χ3v) is 0. The van der Waals surface area contributed by atoms with Crippen LogP contribution in [0.25, 0.3) is 0 Å². The molecular weight excluding hydrogens is 181 g/mol. The second-order valence-electron chi connectivity index (χ2n) is 0.408. The number of hydrogen-bond acceptors (Lipinski definition) is 1. The van der Waals surface area contributed by atoms with Crippen LogP contribution in [0.4, 0.5) is 0 Å². The van der Waals surface area contributed by atoms with E-state index in [4.69, 9.17) is 0 Å². The average Bonchev–Trinajstić information content (AvgIpc) is 0.918. The van der Waals surface area contributed by atoms with Crippen molar-refractivity contribution in [3.05, 3.63) is 14.9 Å². The summed E-state index contributed by atoms with van der Waals surface area (Å²) in [5.41, 5.74) is 0. The van der Waals surface area contributed by atoms with Gasteiger partial charge in [-0.2, -0.15) is 11.8 Å². The predicted octanol–water partition coefficient (Wildman–Crippen LogP) is 2.51. The van der Waals surface area contributed by atoms with Gasteiger partial charge in [-0.15, -0.1) is 0 Å². The Labute approximate surface area is 78.7 Å². The van der Waals surface area contributed by atoms with Crippen molar-refractivity contribution in [2.45, 2.75) is 7.43 Å². The van der Waals surface area contributed by atoms with Crippen LogP contribution in [0, 0.1) is 14.9 Å². The van der Waals surface area contributed by atoms with E-state index in [2.05, 4.69) is 0 Å². The molecule has 1 radical (unpaired) electrons. The van der Waals surface area contributed by atoms with Crippen LogP contribution in [0.15, 0.2) is 0 Å². The van der Waals surface area contributed by atoms with Gasteiger partial charge in [0.15, 0.2) is 0 Å². The van der Waals surface area contributed by atoms with E-state index in [0.29, 0.717) is 0 Å². The van der Waals surface area contributed by atoms with Crippen molar-refractivity contribution in [2.75, 3.05) is 12.5 Å². The van der Waals surface area contributed by atoms with Crippen LogP contribution in [-0.2, 0) is 32.7 Å². The molecule has 0 unspecified atom stereocenters. The third-order valence-electron chi connectivity index (χ3n) is 0. The topological polar surface area (TPSA) is 0 Å². The van der Waals surface area contributed by atoms with Crippen molar-refractivity contribution in [3.63, 3.8) is 0 Å². The van der Waals surface area contributed by atoms with Crippen LogP contribution in [-0.4, -0.2) is 12.5 Å². The van der Waals surface area contributed by atoms with Gasteiger partial charge < -0.3 is 14.9 Å². The monoisotopic (exact) mass is 197 g/mol. The van der Waals surface area contributed by atoms with Crippen LogP contribution >= 0.6 is 11.8 Å². The Bertz CT molecular complexity index is 8.04. The predicted molar refractivity (Wildman–Crippen MR) is 39.0 cm³/mol. The van der Waals surface area contributed by atoms with Crippen LogP contribution < -0.4 is 0 Å². The Hall–Kier alpha value is 1.45. The van der Waals surface area contributed by atoms with Gasteiger partial charge in [0, 0.05) is 32.7 Å². The van der Waals surface area contributed by atoms with Crippen molar-refractivity contribution < 1.29 is 32.7 Å². The van der Waals surface area contributed by atoms with E-state index in [1.165, 1.54) is 0 Å². The van der Waals surface area contributed by atoms with Gasteiger partial charge in [-0.1, -0.05) is 7.43 Å². The molecule has 0 aromatic carbocycles. The molecule has 0 aliphatic carbocycles. The smallest absolute Gasteiger partial charge is 0 e. The zero-order valence-corrected chi connectivity index (χ0v) is 8.64. The maximum Gasteiger partial charge on any atom is 0 e. The van der Waals surface area contributed by atoms with Gasteiger partial charge >= 0.3 is 0 Å². The van der Waals surface area contributed by atoms with Crippen molar-refractivity contribution >= 4 is 11.8 Å². The molecule has 0 nitrogen and oxygen atoms in total. The summed E-state index contributed by atoms with van der Waals surface area (Å²) >= 11 is 1.75. The molecule has 0 aromatic rings. The molecular formula is C5H16SY-2. The summed E-state index contributed by atoms with van der Waals surface area (Å²) in [7, 11) is 0. The molecule has 0 atom stereocenters. The van der Waals surface area contributed by atoms with E-state index in [1.807, 2.05) is 12.5 Å². The molecule has 0 fully saturated rings. The van der Waals surface area contributed by atoms with Crippen molar-refractivity contribution in [2.24, 2.45) is 0 Å². The van der Waals surface area contributed by atoms with Gasteiger partial charge in [-0.25, -0.2) is 0 Å². The minimum absolute atomic E-state index is 0. The summed E-state index contributed by atoms with van der Waals surface area (Å²) in [6.45, 7) is 0. The maximum absolute atomic E-state index is 2.04. The quantitative estimate of drug-likeness (QED) is 0.537. The van der Waals surface area contributed by atoms with Gasteiger partial charge in [-0.05, 0) is 12.5 Å². The van der Waals surface area contributed by atoms with Gasteiger partial charge in [0.05, 0.1) is 0 Å². The normalized spacial score (nSPS) is 2.57. The van der Waals surface area contributed by atoms with Crippen LogP contribution in [0.3, 0.4) is 0 Å². The molecule has 0 aliphatic rings. The standard InChI is InChI=1S/C2H6S.CH4.2CH3.Y/c1-3-2;;;;/h1-2H3;1H4;2*1H3;/q;;2*-1;. The summed E-state index contributed by atoms with van der Waals surface area (Å²) in [6, 6.07) is 0. The molecule has 0 aliphatic heterocycles. The minimum atomic E-state index is 0. The summed E-state index contributed by atoms with van der Waals surface area (Å²) < 4.78 is 0. The summed E-state index contributed by atoms with van der Waals surface area (Å²) in [5.74, 6) is 0. The van der Waals surface area contributed by atoms with E-state index in [9.17, 15) is 0 Å². The Morgan fingerprint density at radius 3 is 1.00 bits per heavy atom. The zero-order chi connectivity index (χ0) is 2.71. The van der Waals surface area contributed by atoms with E-state index >= 15 is 0 Å². The van der Waals surface area contributed by atoms with Crippen LogP contribution in [0.5, 0.6) is 0 Å². The molecule has 0 saturated carbocycles. The van der Waals surface area contributed by atoms with E-state index < -0.39 is 0 Å². The second-order valence-corrected chi connectivity index (χ2v) is 1.22. The fourth-order valence-electron chi connectivity index (χ4n) is 0. The van der Waals surface area contributed by atoms with Gasteiger partial charge in [-0.3, -0.25) is 0 Å². The maximum atomic E-state index is 2.04. The minimum Gasteiger partial charge on any atom is -0.358 e. The van der Waals surface area contributed by atoms with E-state index in [0.717, 1.165) is 0 Å². The summed E-state index contributed by atoms with van der Waals surface area (Å²) in [6.07, 6.45) is 4.08. The molecule has 0 bridgehead atoms. The van der Waals surface area contributed by atoms with E-state index in [1.54, 1.807) is 11.8 Å². The number of thioether (sulfide) groups is 1. The summed E-state index contributed by atoms with van der Waals surface area (Å²) in [5, 5.41) is 0. The molecule has 0 saturated heterocycles. The molecule has 0 N–H and O–H groups in total. The van der Waals surface area contributed by atoms with Crippen molar-refractivity contribution in [1.82, 2.24) is 0 Å². The first-order valence-electron chi connectivity index (χ1n) is 0.816. The average molecular weight is 197 g/mol. The van der Waals surface area contributed by atoms with E-state index in [-0.39, 0.29) is 55.0 Å². The van der Waals surface area contributed by atoms with Crippen molar-refractivity contribution in [3.8, 4) is 0 Å². The number of hydrogen-bond donors (Lipinski definition) is 0. The molecule has 0 amide bonds. The SMILES string of the molecule is C.CSC.[CH3-].[CH3-].[Y]. The van der Waals surface area contributed by atoms with Gasteiger partial charge in [0.1, 0.15) is 0 Å². The second kappa shape index (κ2) is 51.6. The summed E-state index contributed by atoms with van der Waals surface area (Å²) in [4.78, 5) is 0. The molecule has 7 heavy (non-hydrogen) atoms. The zero-order valence-electron chi connectivity index (χ0n) is 4.99. The Morgan fingerprint density at radius 1 is 1.00 bits per heavy atom. The Balaban J connectivity index is -0.00000000333. The van der Waals surface area contributed by atoms with Crippen LogP contribution in [0.2, 0.25) is 0 Å². The first-order valence-corrected chi connectivity index (χ1v) is 2.45. The molecule has 0 rings (SSSR count). The third kappa shape index (κ3) is 105. The molecule has 0 spiro atoms. The molecule has 0 heterocycles. The molecule has 0 aromatic heterocycles. The van der Waals surface area contributed by atoms with Crippen LogP contribution in [0.1, 0.15) is 7.43 Å².